The van der Waals surface area contributed by atoms with Crippen molar-refractivity contribution in [1.82, 2.24) is 4.98 Å². The van der Waals surface area contributed by atoms with Crippen LogP contribution < -0.4 is 15.9 Å². The van der Waals surface area contributed by atoms with Crippen LogP contribution in [0.2, 0.25) is 0 Å². The van der Waals surface area contributed by atoms with E-state index in [-0.39, 0.29) is 11.8 Å². The molecule has 1 fully saturated rings. The number of hydrogen-bond donors (Lipinski definition) is 1. The van der Waals surface area contributed by atoms with E-state index in [0.29, 0.717) is 11.6 Å². The summed E-state index contributed by atoms with van der Waals surface area (Å²) >= 11 is 1.36. The van der Waals surface area contributed by atoms with Crippen LogP contribution in [-0.2, 0) is 9.59 Å². The lowest BCUT2D eigenvalue weighted by molar-refractivity contribution is -0.117. The van der Waals surface area contributed by atoms with Crippen LogP contribution in [0.5, 0.6) is 0 Å². The average molecular weight is 379 g/mol. The second-order valence-electron chi connectivity index (χ2n) is 6.82. The maximum atomic E-state index is 13.0. The van der Waals surface area contributed by atoms with E-state index < -0.39 is 12.1 Å². The second kappa shape index (κ2) is 5.79. The molecular formula is C20H14FN3O2S. The third-order valence-corrected chi connectivity index (χ3v) is 5.88. The van der Waals surface area contributed by atoms with Crippen LogP contribution >= 0.6 is 11.3 Å². The van der Waals surface area contributed by atoms with Crippen LogP contribution in [-0.4, -0.2) is 23.0 Å². The standard InChI is InChI=1S/C20H14FN3O2S/c1-9-12(4-2-11-7-17(25)23-18(9)11)10-3-5-15-16(6-10)27-20(22-15)24-19(26)13-8-14(13)21/h2-7,13-14H,8H2,1H3,(H,22,24,26). The summed E-state index contributed by atoms with van der Waals surface area (Å²) in [5, 5.41) is 4.75. The van der Waals surface area contributed by atoms with Gasteiger partial charge in [-0.2, -0.15) is 0 Å². The fraction of sp³-hybridized carbons (Fsp3) is 0.200. The topological polar surface area (TPSA) is 71.4 Å². The summed E-state index contributed by atoms with van der Waals surface area (Å²) in [5.74, 6) is -1.07. The van der Waals surface area contributed by atoms with Crippen molar-refractivity contribution in [2.45, 2.75) is 19.5 Å². The molecule has 2 unspecified atom stereocenters. The van der Waals surface area contributed by atoms with E-state index in [0.717, 1.165) is 37.5 Å². The highest BCUT2D eigenvalue weighted by atomic mass is 32.1. The average Bonchev–Trinajstić information content (AvgIpc) is 3.05. The number of halogens is 1. The van der Waals surface area contributed by atoms with Crippen molar-refractivity contribution < 1.29 is 14.0 Å². The second-order valence-corrected chi connectivity index (χ2v) is 7.85. The van der Waals surface area contributed by atoms with E-state index in [2.05, 4.69) is 15.3 Å². The molecular weight excluding hydrogens is 365 g/mol. The minimum atomic E-state index is -1.02. The number of fused-ring (bicyclic) bond motifs is 2. The van der Waals surface area contributed by atoms with Gasteiger partial charge in [0.05, 0.1) is 21.5 Å². The summed E-state index contributed by atoms with van der Waals surface area (Å²) in [6.07, 6.45) is 0.807. The van der Waals surface area contributed by atoms with Crippen molar-refractivity contribution in [3.05, 3.63) is 46.5 Å². The molecule has 3 aromatic rings. The monoisotopic (exact) mass is 379 g/mol. The normalized spacial score (nSPS) is 20.1. The predicted octanol–water partition coefficient (Wildman–Crippen LogP) is 2.51. The molecule has 134 valence electrons. The van der Waals surface area contributed by atoms with E-state index in [9.17, 15) is 14.0 Å². The van der Waals surface area contributed by atoms with Gasteiger partial charge in [-0.05, 0) is 42.2 Å². The van der Waals surface area contributed by atoms with E-state index in [1.165, 1.54) is 17.4 Å². The molecule has 2 atom stereocenters. The Bertz CT molecular complexity index is 1260. The Morgan fingerprint density at radius 1 is 1.30 bits per heavy atom. The van der Waals surface area contributed by atoms with Gasteiger partial charge in [0.15, 0.2) is 5.13 Å². The Kier molecular flexibility index (Phi) is 3.48. The Morgan fingerprint density at radius 2 is 2.11 bits per heavy atom. The van der Waals surface area contributed by atoms with Crippen molar-refractivity contribution in [2.75, 3.05) is 5.32 Å². The highest BCUT2D eigenvalue weighted by molar-refractivity contribution is 7.22. The van der Waals surface area contributed by atoms with Gasteiger partial charge in [-0.25, -0.2) is 14.4 Å². The fourth-order valence-electron chi connectivity index (χ4n) is 3.35. The molecule has 2 aliphatic rings. The van der Waals surface area contributed by atoms with Gasteiger partial charge in [0.1, 0.15) is 6.17 Å². The van der Waals surface area contributed by atoms with Crippen molar-refractivity contribution in [2.24, 2.45) is 10.9 Å². The first-order valence-electron chi connectivity index (χ1n) is 8.59. The van der Waals surface area contributed by atoms with Crippen molar-refractivity contribution in [1.29, 1.82) is 0 Å². The molecule has 5 rings (SSSR count). The maximum absolute atomic E-state index is 13.0. The molecule has 2 aromatic carbocycles. The number of alkyl halides is 1. The number of anilines is 1. The molecule has 1 aliphatic carbocycles. The first-order chi connectivity index (χ1) is 13.0. The molecule has 7 heteroatoms. The van der Waals surface area contributed by atoms with Gasteiger partial charge in [0.25, 0.3) is 5.91 Å². The van der Waals surface area contributed by atoms with E-state index in [1.54, 1.807) is 0 Å². The lowest BCUT2D eigenvalue weighted by Crippen LogP contribution is -2.24. The fourth-order valence-corrected chi connectivity index (χ4v) is 4.26. The third-order valence-electron chi connectivity index (χ3n) is 4.94. The Labute approximate surface area is 157 Å². The summed E-state index contributed by atoms with van der Waals surface area (Å²) in [4.78, 5) is 31.9. The highest BCUT2D eigenvalue weighted by Crippen LogP contribution is 2.36. The van der Waals surface area contributed by atoms with Crippen molar-refractivity contribution in [3.8, 4) is 11.1 Å². The smallest absolute Gasteiger partial charge is 0.270 e. The number of rotatable bonds is 3. The number of carbonyl (C=O) groups is 2. The summed E-state index contributed by atoms with van der Waals surface area (Å²) in [7, 11) is 0. The Balaban J connectivity index is 1.52. The van der Waals surface area contributed by atoms with Crippen molar-refractivity contribution in [3.63, 3.8) is 0 Å². The molecule has 1 aliphatic heterocycles. The number of thiazole rings is 1. The SMILES string of the molecule is Cc1c(-c2ccc3nc(NC(=O)C4CC4F)sc3c2)ccc2c1=NC(=O)C=2. The van der Waals surface area contributed by atoms with Gasteiger partial charge < -0.3 is 5.32 Å². The van der Waals surface area contributed by atoms with E-state index in [1.807, 2.05) is 37.3 Å². The maximum Gasteiger partial charge on any atom is 0.270 e. The molecule has 1 N–H and O–H groups in total. The highest BCUT2D eigenvalue weighted by Gasteiger charge is 2.43. The first-order valence-corrected chi connectivity index (χ1v) is 9.41. The predicted molar refractivity (Wildman–Crippen MR) is 102 cm³/mol. The van der Waals surface area contributed by atoms with Crippen LogP contribution in [0.1, 0.15) is 12.0 Å². The van der Waals surface area contributed by atoms with Crippen LogP contribution in [0.3, 0.4) is 0 Å². The quantitative estimate of drug-likeness (QED) is 0.760. The van der Waals surface area contributed by atoms with Gasteiger partial charge in [0, 0.05) is 11.3 Å². The van der Waals surface area contributed by atoms with Gasteiger partial charge >= 0.3 is 0 Å². The first kappa shape index (κ1) is 16.3. The van der Waals surface area contributed by atoms with Gasteiger partial charge in [-0.15, -0.1) is 0 Å². The number of nitrogens with zero attached hydrogens (tertiary/aromatic N) is 2. The number of hydrogen-bond acceptors (Lipinski definition) is 4. The molecule has 0 saturated heterocycles. The lowest BCUT2D eigenvalue weighted by atomic mass is 9.99. The zero-order chi connectivity index (χ0) is 18.7. The minimum Gasteiger partial charge on any atom is -0.302 e. The zero-order valence-electron chi connectivity index (χ0n) is 14.3. The number of nitrogens with one attached hydrogen (secondary N) is 1. The summed E-state index contributed by atoms with van der Waals surface area (Å²) < 4.78 is 13.9. The molecule has 1 saturated carbocycles. The van der Waals surface area contributed by atoms with Gasteiger partial charge in [0.2, 0.25) is 5.91 Å². The summed E-state index contributed by atoms with van der Waals surface area (Å²) in [6.45, 7) is 1.95. The Hall–Kier alpha value is -2.93. The number of aromatic nitrogens is 1. The molecule has 0 spiro atoms. The molecule has 0 radical (unpaired) electrons. The molecule has 1 aromatic heterocycles. The zero-order valence-corrected chi connectivity index (χ0v) is 15.1. The largest absolute Gasteiger partial charge is 0.302 e. The van der Waals surface area contributed by atoms with E-state index >= 15 is 0 Å². The van der Waals surface area contributed by atoms with E-state index in [4.69, 9.17) is 0 Å². The number of benzene rings is 2. The molecule has 5 nitrogen and oxygen atoms in total. The molecule has 2 heterocycles. The summed E-state index contributed by atoms with van der Waals surface area (Å²) in [5.41, 5.74) is 3.72. The Morgan fingerprint density at radius 3 is 2.89 bits per heavy atom. The number of amides is 2. The number of carbonyl (C=O) groups excluding carboxylic acids is 2. The molecule has 0 bridgehead atoms. The molecule has 2 amide bonds. The van der Waals surface area contributed by atoms with Crippen LogP contribution in [0.4, 0.5) is 9.52 Å². The van der Waals surface area contributed by atoms with Gasteiger partial charge in [-0.1, -0.05) is 29.5 Å². The minimum absolute atomic E-state index is 0.227. The van der Waals surface area contributed by atoms with Gasteiger partial charge in [-0.3, -0.25) is 9.59 Å². The summed E-state index contributed by atoms with van der Waals surface area (Å²) in [6, 6.07) is 9.75. The lowest BCUT2D eigenvalue weighted by Gasteiger charge is -2.06. The van der Waals surface area contributed by atoms with Crippen LogP contribution in [0.15, 0.2) is 35.3 Å². The van der Waals surface area contributed by atoms with Crippen LogP contribution in [0.25, 0.3) is 27.4 Å². The molecule has 27 heavy (non-hydrogen) atoms. The van der Waals surface area contributed by atoms with Crippen molar-refractivity contribution >= 4 is 44.6 Å². The van der Waals surface area contributed by atoms with Crippen LogP contribution in [0, 0.1) is 12.8 Å². The third kappa shape index (κ3) is 2.75.